The van der Waals surface area contributed by atoms with Crippen molar-refractivity contribution in [1.82, 2.24) is 5.32 Å². The molecule has 0 spiro atoms. The molecule has 0 fully saturated rings. The van der Waals surface area contributed by atoms with Gasteiger partial charge >= 0.3 is 5.97 Å². The summed E-state index contributed by atoms with van der Waals surface area (Å²) in [7, 11) is 1.49. The van der Waals surface area contributed by atoms with Crippen molar-refractivity contribution in [2.24, 2.45) is 0 Å². The number of hydrogen-bond acceptors (Lipinski definition) is 4. The Morgan fingerprint density at radius 2 is 2.11 bits per heavy atom. The standard InChI is InChI=1S/C14H19NO4/c1-4-15-11(8-13(16)17)14(18)10-7-9(2)5-6-12(10)19-3/h5-7,11,15H,4,8H2,1-3H3,(H,16,17). The van der Waals surface area contributed by atoms with Gasteiger partial charge in [-0.25, -0.2) is 0 Å². The zero-order chi connectivity index (χ0) is 14.4. The fourth-order valence-corrected chi connectivity index (χ4v) is 1.88. The van der Waals surface area contributed by atoms with Crippen molar-refractivity contribution in [2.45, 2.75) is 26.3 Å². The number of rotatable bonds is 7. The van der Waals surface area contributed by atoms with E-state index in [0.29, 0.717) is 17.9 Å². The normalized spacial score (nSPS) is 11.9. The summed E-state index contributed by atoms with van der Waals surface area (Å²) in [6.45, 7) is 4.23. The second kappa shape index (κ2) is 6.89. The number of carbonyl (C=O) groups is 2. The van der Waals surface area contributed by atoms with Gasteiger partial charge < -0.3 is 15.2 Å². The molecular formula is C14H19NO4. The average molecular weight is 265 g/mol. The third-order valence-corrected chi connectivity index (χ3v) is 2.77. The van der Waals surface area contributed by atoms with Crippen LogP contribution in [-0.2, 0) is 4.79 Å². The number of aliphatic carboxylic acids is 1. The first kappa shape index (κ1) is 15.2. The molecule has 0 bridgehead atoms. The minimum atomic E-state index is -1.01. The van der Waals surface area contributed by atoms with Gasteiger partial charge in [-0.15, -0.1) is 0 Å². The van der Waals surface area contributed by atoms with E-state index in [4.69, 9.17) is 9.84 Å². The first-order valence-electron chi connectivity index (χ1n) is 6.13. The van der Waals surface area contributed by atoms with Gasteiger partial charge in [0.05, 0.1) is 25.1 Å². The molecule has 0 saturated heterocycles. The lowest BCUT2D eigenvalue weighted by atomic mass is 9.99. The summed E-state index contributed by atoms with van der Waals surface area (Å²) in [6.07, 6.45) is -0.246. The molecule has 0 aliphatic rings. The van der Waals surface area contributed by atoms with Gasteiger partial charge in [-0.3, -0.25) is 9.59 Å². The highest BCUT2D eigenvalue weighted by atomic mass is 16.5. The minimum absolute atomic E-state index is 0.246. The van der Waals surface area contributed by atoms with E-state index >= 15 is 0 Å². The van der Waals surface area contributed by atoms with Crippen molar-refractivity contribution in [1.29, 1.82) is 0 Å². The molecule has 5 heteroatoms. The number of methoxy groups -OCH3 is 1. The van der Waals surface area contributed by atoms with Crippen LogP contribution in [0.3, 0.4) is 0 Å². The van der Waals surface area contributed by atoms with Crippen LogP contribution in [0.5, 0.6) is 5.75 Å². The van der Waals surface area contributed by atoms with Gasteiger partial charge in [0, 0.05) is 0 Å². The second-order valence-electron chi connectivity index (χ2n) is 4.28. The van der Waals surface area contributed by atoms with E-state index in [1.165, 1.54) is 7.11 Å². The molecule has 0 aliphatic carbocycles. The van der Waals surface area contributed by atoms with Crippen LogP contribution >= 0.6 is 0 Å². The number of likely N-dealkylation sites (N-methyl/N-ethyl adjacent to an activating group) is 1. The van der Waals surface area contributed by atoms with Crippen LogP contribution in [0.1, 0.15) is 29.3 Å². The summed E-state index contributed by atoms with van der Waals surface area (Å²) in [5, 5.41) is 11.8. The summed E-state index contributed by atoms with van der Waals surface area (Å²) in [5.41, 5.74) is 1.34. The fourth-order valence-electron chi connectivity index (χ4n) is 1.88. The number of Topliss-reactive ketones (excluding diaryl/α,β-unsaturated/α-hetero) is 1. The maximum Gasteiger partial charge on any atom is 0.305 e. The molecule has 0 radical (unpaired) electrons. The number of hydrogen-bond donors (Lipinski definition) is 2. The summed E-state index contributed by atoms with van der Waals surface area (Å²) < 4.78 is 5.16. The summed E-state index contributed by atoms with van der Waals surface area (Å²) >= 11 is 0. The van der Waals surface area contributed by atoms with Gasteiger partial charge in [0.15, 0.2) is 5.78 Å². The molecule has 2 N–H and O–H groups in total. The maximum atomic E-state index is 12.4. The fraction of sp³-hybridized carbons (Fsp3) is 0.429. The predicted molar refractivity (Wildman–Crippen MR) is 71.8 cm³/mol. The number of aryl methyl sites for hydroxylation is 1. The van der Waals surface area contributed by atoms with Crippen molar-refractivity contribution < 1.29 is 19.4 Å². The van der Waals surface area contributed by atoms with Crippen molar-refractivity contribution in [3.63, 3.8) is 0 Å². The number of carboxylic acids is 1. The van der Waals surface area contributed by atoms with E-state index in [1.807, 2.05) is 19.9 Å². The van der Waals surface area contributed by atoms with Gasteiger partial charge in [-0.2, -0.15) is 0 Å². The molecule has 1 atom stereocenters. The first-order valence-corrected chi connectivity index (χ1v) is 6.13. The molecule has 0 amide bonds. The van der Waals surface area contributed by atoms with Gasteiger partial charge in [0.2, 0.25) is 0 Å². The van der Waals surface area contributed by atoms with Crippen LogP contribution in [0.2, 0.25) is 0 Å². The quantitative estimate of drug-likeness (QED) is 0.733. The molecule has 1 unspecified atom stereocenters. The Labute approximate surface area is 112 Å². The molecule has 104 valence electrons. The highest BCUT2D eigenvalue weighted by Crippen LogP contribution is 2.22. The minimum Gasteiger partial charge on any atom is -0.496 e. The molecule has 0 aromatic heterocycles. The number of ether oxygens (including phenoxy) is 1. The van der Waals surface area contributed by atoms with E-state index in [-0.39, 0.29) is 12.2 Å². The van der Waals surface area contributed by atoms with Crippen molar-refractivity contribution in [3.8, 4) is 5.75 Å². The Kier molecular flexibility index (Phi) is 5.51. The van der Waals surface area contributed by atoms with E-state index < -0.39 is 12.0 Å². The monoisotopic (exact) mass is 265 g/mol. The molecule has 0 saturated carbocycles. The van der Waals surface area contributed by atoms with Crippen LogP contribution < -0.4 is 10.1 Å². The summed E-state index contributed by atoms with van der Waals surface area (Å²) in [6, 6.07) is 4.53. The highest BCUT2D eigenvalue weighted by molar-refractivity contribution is 6.04. The zero-order valence-corrected chi connectivity index (χ0v) is 11.4. The number of nitrogens with one attached hydrogen (secondary N) is 1. The molecule has 5 nitrogen and oxygen atoms in total. The van der Waals surface area contributed by atoms with Crippen molar-refractivity contribution in [2.75, 3.05) is 13.7 Å². The van der Waals surface area contributed by atoms with E-state index in [2.05, 4.69) is 5.32 Å². The Hall–Kier alpha value is -1.88. The maximum absolute atomic E-state index is 12.4. The van der Waals surface area contributed by atoms with Crippen LogP contribution in [0.25, 0.3) is 0 Å². The van der Waals surface area contributed by atoms with Gasteiger partial charge in [-0.1, -0.05) is 18.6 Å². The number of benzene rings is 1. The van der Waals surface area contributed by atoms with Crippen molar-refractivity contribution in [3.05, 3.63) is 29.3 Å². The molecule has 19 heavy (non-hydrogen) atoms. The van der Waals surface area contributed by atoms with E-state index in [9.17, 15) is 9.59 Å². The molecular weight excluding hydrogens is 246 g/mol. The SMILES string of the molecule is CCNC(CC(=O)O)C(=O)c1cc(C)ccc1OC. The Bertz CT molecular complexity index is 471. The smallest absolute Gasteiger partial charge is 0.305 e. The van der Waals surface area contributed by atoms with Crippen molar-refractivity contribution >= 4 is 11.8 Å². The molecule has 1 aromatic rings. The van der Waals surface area contributed by atoms with Gasteiger partial charge in [0.25, 0.3) is 0 Å². The lowest BCUT2D eigenvalue weighted by molar-refractivity contribution is -0.137. The topological polar surface area (TPSA) is 75.6 Å². The first-order chi connectivity index (χ1) is 8.99. The highest BCUT2D eigenvalue weighted by Gasteiger charge is 2.24. The lowest BCUT2D eigenvalue weighted by Gasteiger charge is -2.16. The number of carbonyl (C=O) groups excluding carboxylic acids is 1. The van der Waals surface area contributed by atoms with E-state index in [0.717, 1.165) is 5.56 Å². The van der Waals surface area contributed by atoms with Gasteiger partial charge in [0.1, 0.15) is 5.75 Å². The molecule has 0 heterocycles. The van der Waals surface area contributed by atoms with Crippen LogP contribution in [-0.4, -0.2) is 36.6 Å². The summed E-state index contributed by atoms with van der Waals surface area (Å²) in [4.78, 5) is 23.2. The number of carboxylic acid groups (broad SMARTS) is 1. The third-order valence-electron chi connectivity index (χ3n) is 2.77. The van der Waals surface area contributed by atoms with Crippen LogP contribution in [0.15, 0.2) is 18.2 Å². The second-order valence-corrected chi connectivity index (χ2v) is 4.28. The zero-order valence-electron chi connectivity index (χ0n) is 11.4. The van der Waals surface area contributed by atoms with Gasteiger partial charge in [-0.05, 0) is 25.6 Å². The molecule has 1 rings (SSSR count). The predicted octanol–water partition coefficient (Wildman–Crippen LogP) is 1.64. The number of ketones is 1. The summed E-state index contributed by atoms with van der Waals surface area (Å²) in [5.74, 6) is -0.806. The average Bonchev–Trinajstić information content (AvgIpc) is 2.37. The van der Waals surface area contributed by atoms with E-state index in [1.54, 1.807) is 12.1 Å². The largest absolute Gasteiger partial charge is 0.496 e. The van der Waals surface area contributed by atoms with Crippen LogP contribution in [0, 0.1) is 6.92 Å². The lowest BCUT2D eigenvalue weighted by Crippen LogP contribution is -2.38. The Balaban J connectivity index is 3.07. The Morgan fingerprint density at radius 1 is 1.42 bits per heavy atom. The Morgan fingerprint density at radius 3 is 2.63 bits per heavy atom. The third kappa shape index (κ3) is 4.06. The molecule has 0 aliphatic heterocycles. The van der Waals surface area contributed by atoms with Crippen LogP contribution in [0.4, 0.5) is 0 Å². The molecule has 1 aromatic carbocycles.